The van der Waals surface area contributed by atoms with E-state index >= 15 is 0 Å². The molecular weight excluding hydrogens is 250 g/mol. The number of nitrogens with one attached hydrogen (secondary N) is 1. The van der Waals surface area contributed by atoms with Crippen LogP contribution in [0.5, 0.6) is 0 Å². The Morgan fingerprint density at radius 3 is 2.67 bits per heavy atom. The summed E-state index contributed by atoms with van der Waals surface area (Å²) >= 11 is 6.20. The van der Waals surface area contributed by atoms with Gasteiger partial charge in [0.25, 0.3) is 0 Å². The molecule has 5 heteroatoms. The Hall–Kier alpha value is -0.840. The third-order valence-corrected chi connectivity index (χ3v) is 3.39. The molecule has 1 aliphatic rings. The minimum absolute atomic E-state index is 0.264. The van der Waals surface area contributed by atoms with Crippen LogP contribution in [0.15, 0.2) is 12.1 Å². The molecule has 1 aromatic rings. The number of hydrogen-bond donors (Lipinski definition) is 1. The van der Waals surface area contributed by atoms with Crippen molar-refractivity contribution < 1.29 is 4.74 Å². The highest BCUT2D eigenvalue weighted by Gasteiger charge is 2.23. The zero-order valence-corrected chi connectivity index (χ0v) is 11.9. The normalized spacial score (nSPS) is 25.1. The van der Waals surface area contributed by atoms with Crippen molar-refractivity contribution in [1.29, 1.82) is 0 Å². The van der Waals surface area contributed by atoms with Crippen molar-refractivity contribution in [3.63, 3.8) is 0 Å². The second kappa shape index (κ2) is 5.87. The molecule has 0 unspecified atom stereocenters. The second-order valence-corrected chi connectivity index (χ2v) is 5.23. The van der Waals surface area contributed by atoms with Crippen molar-refractivity contribution in [2.45, 2.75) is 32.6 Å². The molecule has 2 atom stereocenters. The summed E-state index contributed by atoms with van der Waals surface area (Å²) in [5.74, 6) is 0.851. The fourth-order valence-electron chi connectivity index (χ4n) is 2.36. The third-order valence-electron chi connectivity index (χ3n) is 3.04. The lowest BCUT2D eigenvalue weighted by molar-refractivity contribution is -0.0707. The summed E-state index contributed by atoms with van der Waals surface area (Å²) in [6.45, 7) is 6.81. The van der Waals surface area contributed by atoms with E-state index in [1.54, 1.807) is 0 Å². The fourth-order valence-corrected chi connectivity index (χ4v) is 2.52. The van der Waals surface area contributed by atoms with Gasteiger partial charge in [0.2, 0.25) is 0 Å². The molecule has 1 N–H and O–H groups in total. The predicted octanol–water partition coefficient (Wildman–Crippen LogP) is 2.39. The van der Waals surface area contributed by atoms with Gasteiger partial charge >= 0.3 is 0 Å². The SMILES string of the molecule is CNc1ccc(Cl)c(CN2C[C@@H](C)O[C@@H](C)C2)n1. The molecule has 1 saturated heterocycles. The van der Waals surface area contributed by atoms with E-state index in [0.29, 0.717) is 0 Å². The first-order valence-electron chi connectivity index (χ1n) is 6.29. The maximum atomic E-state index is 6.20. The van der Waals surface area contributed by atoms with Crippen LogP contribution in [0.3, 0.4) is 0 Å². The van der Waals surface area contributed by atoms with Gasteiger partial charge in [0.1, 0.15) is 5.82 Å². The number of nitrogens with zero attached hydrogens (tertiary/aromatic N) is 2. The number of morpholine rings is 1. The minimum atomic E-state index is 0.264. The number of anilines is 1. The molecule has 1 aliphatic heterocycles. The summed E-state index contributed by atoms with van der Waals surface area (Å²) < 4.78 is 5.72. The van der Waals surface area contributed by atoms with Crippen LogP contribution >= 0.6 is 11.6 Å². The maximum absolute atomic E-state index is 6.20. The van der Waals surface area contributed by atoms with E-state index in [1.807, 2.05) is 19.2 Å². The van der Waals surface area contributed by atoms with Gasteiger partial charge in [0.15, 0.2) is 0 Å². The first-order chi connectivity index (χ1) is 8.58. The fraction of sp³-hybridized carbons (Fsp3) is 0.615. The van der Waals surface area contributed by atoms with Crippen molar-refractivity contribution in [1.82, 2.24) is 9.88 Å². The first-order valence-corrected chi connectivity index (χ1v) is 6.67. The highest BCUT2D eigenvalue weighted by Crippen LogP contribution is 2.20. The van der Waals surface area contributed by atoms with E-state index in [9.17, 15) is 0 Å². The van der Waals surface area contributed by atoms with Crippen LogP contribution in [0, 0.1) is 0 Å². The van der Waals surface area contributed by atoms with E-state index in [2.05, 4.69) is 29.0 Å². The average Bonchev–Trinajstić information content (AvgIpc) is 2.30. The number of halogens is 1. The molecule has 100 valence electrons. The van der Waals surface area contributed by atoms with Gasteiger partial charge in [-0.2, -0.15) is 0 Å². The molecule has 0 radical (unpaired) electrons. The van der Waals surface area contributed by atoms with Gasteiger partial charge in [0, 0.05) is 26.7 Å². The summed E-state index contributed by atoms with van der Waals surface area (Å²) in [5, 5.41) is 3.76. The van der Waals surface area contributed by atoms with Gasteiger partial charge in [0.05, 0.1) is 22.9 Å². The lowest BCUT2D eigenvalue weighted by Crippen LogP contribution is -2.45. The molecule has 2 heterocycles. The third kappa shape index (κ3) is 3.34. The van der Waals surface area contributed by atoms with Crippen LogP contribution in [0.25, 0.3) is 0 Å². The van der Waals surface area contributed by atoms with Gasteiger partial charge in [-0.3, -0.25) is 4.90 Å². The Balaban J connectivity index is 2.08. The zero-order chi connectivity index (χ0) is 13.1. The number of rotatable bonds is 3. The molecule has 0 spiro atoms. The molecule has 2 rings (SSSR count). The van der Waals surface area contributed by atoms with Crippen LogP contribution < -0.4 is 5.32 Å². The summed E-state index contributed by atoms with van der Waals surface area (Å²) in [6, 6.07) is 3.78. The van der Waals surface area contributed by atoms with Crippen molar-refractivity contribution >= 4 is 17.4 Å². The summed E-state index contributed by atoms with van der Waals surface area (Å²) in [4.78, 5) is 6.85. The number of ether oxygens (including phenoxy) is 1. The van der Waals surface area contributed by atoms with E-state index in [1.165, 1.54) is 0 Å². The smallest absolute Gasteiger partial charge is 0.126 e. The molecular formula is C13H20ClN3O. The van der Waals surface area contributed by atoms with Crippen LogP contribution in [-0.4, -0.2) is 42.2 Å². The van der Waals surface area contributed by atoms with Crippen LogP contribution in [0.2, 0.25) is 5.02 Å². The Kier molecular flexibility index (Phi) is 4.43. The largest absolute Gasteiger partial charge is 0.373 e. The highest BCUT2D eigenvalue weighted by molar-refractivity contribution is 6.31. The molecule has 18 heavy (non-hydrogen) atoms. The van der Waals surface area contributed by atoms with Gasteiger partial charge in [-0.1, -0.05) is 11.6 Å². The molecule has 0 saturated carbocycles. The van der Waals surface area contributed by atoms with Crippen molar-refractivity contribution in [2.75, 3.05) is 25.5 Å². The Morgan fingerprint density at radius 1 is 1.39 bits per heavy atom. The molecule has 1 aromatic heterocycles. The van der Waals surface area contributed by atoms with Crippen LogP contribution in [0.4, 0.5) is 5.82 Å². The Labute approximate surface area is 113 Å². The van der Waals surface area contributed by atoms with Crippen molar-refractivity contribution in [2.24, 2.45) is 0 Å². The van der Waals surface area contributed by atoms with Crippen molar-refractivity contribution in [3.8, 4) is 0 Å². The molecule has 4 nitrogen and oxygen atoms in total. The summed E-state index contributed by atoms with van der Waals surface area (Å²) in [6.07, 6.45) is 0.528. The van der Waals surface area contributed by atoms with Crippen LogP contribution in [0.1, 0.15) is 19.5 Å². The molecule has 0 bridgehead atoms. The number of hydrogen-bond acceptors (Lipinski definition) is 4. The number of aromatic nitrogens is 1. The van der Waals surface area contributed by atoms with Crippen molar-refractivity contribution in [3.05, 3.63) is 22.8 Å². The second-order valence-electron chi connectivity index (χ2n) is 4.83. The minimum Gasteiger partial charge on any atom is -0.373 e. The summed E-state index contributed by atoms with van der Waals surface area (Å²) in [7, 11) is 1.86. The number of pyridine rings is 1. The standard InChI is InChI=1S/C13H20ClN3O/c1-9-6-17(7-10(2)18-9)8-12-11(14)4-5-13(15-3)16-12/h4-5,9-10H,6-8H2,1-3H3,(H,15,16)/t9-,10+. The van der Waals surface area contributed by atoms with E-state index in [4.69, 9.17) is 16.3 Å². The van der Waals surface area contributed by atoms with Gasteiger partial charge in [-0.05, 0) is 26.0 Å². The van der Waals surface area contributed by atoms with E-state index in [0.717, 1.165) is 36.2 Å². The molecule has 0 amide bonds. The quantitative estimate of drug-likeness (QED) is 0.914. The van der Waals surface area contributed by atoms with E-state index < -0.39 is 0 Å². The highest BCUT2D eigenvalue weighted by atomic mass is 35.5. The lowest BCUT2D eigenvalue weighted by atomic mass is 10.2. The monoisotopic (exact) mass is 269 g/mol. The average molecular weight is 270 g/mol. The van der Waals surface area contributed by atoms with Crippen LogP contribution in [-0.2, 0) is 11.3 Å². The maximum Gasteiger partial charge on any atom is 0.126 e. The Morgan fingerprint density at radius 2 is 2.06 bits per heavy atom. The van der Waals surface area contributed by atoms with Gasteiger partial charge in [-0.15, -0.1) is 0 Å². The topological polar surface area (TPSA) is 37.4 Å². The lowest BCUT2D eigenvalue weighted by Gasteiger charge is -2.35. The molecule has 0 aliphatic carbocycles. The zero-order valence-electron chi connectivity index (χ0n) is 11.1. The Bertz CT molecular complexity index is 403. The summed E-state index contributed by atoms with van der Waals surface area (Å²) in [5.41, 5.74) is 0.921. The van der Waals surface area contributed by atoms with Gasteiger partial charge < -0.3 is 10.1 Å². The van der Waals surface area contributed by atoms with Gasteiger partial charge in [-0.25, -0.2) is 4.98 Å². The molecule has 0 aromatic carbocycles. The first kappa shape index (κ1) is 13.6. The van der Waals surface area contributed by atoms with E-state index in [-0.39, 0.29) is 12.2 Å². The molecule has 1 fully saturated rings. The predicted molar refractivity (Wildman–Crippen MR) is 74.1 cm³/mol.